The van der Waals surface area contributed by atoms with Gasteiger partial charge in [-0.15, -0.1) is 0 Å². The lowest BCUT2D eigenvalue weighted by atomic mass is 9.99. The van der Waals surface area contributed by atoms with Crippen molar-refractivity contribution in [3.05, 3.63) is 62.3 Å². The predicted octanol–water partition coefficient (Wildman–Crippen LogP) is 2.41. The molecule has 2 aromatic rings. The number of aliphatic hydroxyl groups is 1. The SMILES string of the molecule is CC(O)(CNC(=O)NCCc1ccccc1[N+](=O)[O-])c1ccsc1. The second-order valence-electron chi connectivity index (χ2n) is 5.53. The number of thiophene rings is 1. The monoisotopic (exact) mass is 349 g/mol. The fourth-order valence-corrected chi connectivity index (χ4v) is 2.98. The molecule has 0 aliphatic heterocycles. The fourth-order valence-electron chi connectivity index (χ4n) is 2.20. The molecule has 1 atom stereocenters. The van der Waals surface area contributed by atoms with Crippen LogP contribution >= 0.6 is 11.3 Å². The molecule has 0 saturated heterocycles. The van der Waals surface area contributed by atoms with E-state index in [1.165, 1.54) is 17.4 Å². The minimum absolute atomic E-state index is 0.0418. The summed E-state index contributed by atoms with van der Waals surface area (Å²) in [5.41, 5.74) is 0.205. The van der Waals surface area contributed by atoms with Gasteiger partial charge in [0, 0.05) is 18.2 Å². The average Bonchev–Trinajstić information content (AvgIpc) is 3.09. The molecule has 0 saturated carbocycles. The largest absolute Gasteiger partial charge is 0.384 e. The summed E-state index contributed by atoms with van der Waals surface area (Å²) in [6.07, 6.45) is 0.353. The van der Waals surface area contributed by atoms with Crippen molar-refractivity contribution >= 4 is 23.1 Å². The van der Waals surface area contributed by atoms with E-state index < -0.39 is 16.6 Å². The van der Waals surface area contributed by atoms with Crippen LogP contribution < -0.4 is 10.6 Å². The van der Waals surface area contributed by atoms with Crippen molar-refractivity contribution in [2.45, 2.75) is 18.9 Å². The summed E-state index contributed by atoms with van der Waals surface area (Å²) < 4.78 is 0. The van der Waals surface area contributed by atoms with E-state index in [4.69, 9.17) is 0 Å². The molecule has 128 valence electrons. The van der Waals surface area contributed by atoms with Crippen LogP contribution in [0, 0.1) is 10.1 Å². The molecule has 24 heavy (non-hydrogen) atoms. The minimum Gasteiger partial charge on any atom is -0.384 e. The highest BCUT2D eigenvalue weighted by Gasteiger charge is 2.24. The highest BCUT2D eigenvalue weighted by Crippen LogP contribution is 2.22. The molecule has 0 radical (unpaired) electrons. The van der Waals surface area contributed by atoms with Crippen LogP contribution in [0.5, 0.6) is 0 Å². The lowest BCUT2D eigenvalue weighted by Gasteiger charge is -2.22. The average molecular weight is 349 g/mol. The zero-order valence-electron chi connectivity index (χ0n) is 13.2. The summed E-state index contributed by atoms with van der Waals surface area (Å²) in [4.78, 5) is 22.3. The van der Waals surface area contributed by atoms with Gasteiger partial charge in [0.2, 0.25) is 0 Å². The van der Waals surface area contributed by atoms with Crippen LogP contribution in [-0.4, -0.2) is 29.2 Å². The van der Waals surface area contributed by atoms with Gasteiger partial charge in [-0.3, -0.25) is 10.1 Å². The third-order valence-electron chi connectivity index (χ3n) is 3.60. The van der Waals surface area contributed by atoms with Gasteiger partial charge in [0.25, 0.3) is 5.69 Å². The van der Waals surface area contributed by atoms with E-state index >= 15 is 0 Å². The highest BCUT2D eigenvalue weighted by molar-refractivity contribution is 7.08. The van der Waals surface area contributed by atoms with Crippen LogP contribution in [0.15, 0.2) is 41.1 Å². The number of carbonyl (C=O) groups is 1. The quantitative estimate of drug-likeness (QED) is 0.527. The Bertz CT molecular complexity index is 701. The number of urea groups is 1. The lowest BCUT2D eigenvalue weighted by Crippen LogP contribution is -2.43. The molecule has 8 heteroatoms. The number of nitrogens with zero attached hydrogens (tertiary/aromatic N) is 1. The van der Waals surface area contributed by atoms with Crippen molar-refractivity contribution in [3.63, 3.8) is 0 Å². The number of amides is 2. The van der Waals surface area contributed by atoms with Crippen molar-refractivity contribution in [2.75, 3.05) is 13.1 Å². The van der Waals surface area contributed by atoms with Crippen LogP contribution in [0.1, 0.15) is 18.1 Å². The summed E-state index contributed by atoms with van der Waals surface area (Å²) in [6, 6.07) is 7.81. The number of carbonyl (C=O) groups excluding carboxylic acids is 1. The third kappa shape index (κ3) is 4.77. The fraction of sp³-hybridized carbons (Fsp3) is 0.312. The predicted molar refractivity (Wildman–Crippen MR) is 92.1 cm³/mol. The Morgan fingerprint density at radius 1 is 1.33 bits per heavy atom. The number of hydrogen-bond donors (Lipinski definition) is 3. The maximum Gasteiger partial charge on any atom is 0.314 e. The standard InChI is InChI=1S/C16H19N3O4S/c1-16(21,13-7-9-24-10-13)11-18-15(20)17-8-6-12-4-2-3-5-14(12)19(22)23/h2-5,7,9-10,21H,6,8,11H2,1H3,(H2,17,18,20). The van der Waals surface area contributed by atoms with E-state index in [1.54, 1.807) is 31.2 Å². The van der Waals surface area contributed by atoms with Crippen molar-refractivity contribution < 1.29 is 14.8 Å². The molecule has 3 N–H and O–H groups in total. The Balaban J connectivity index is 1.79. The third-order valence-corrected chi connectivity index (χ3v) is 4.29. The van der Waals surface area contributed by atoms with Gasteiger partial charge < -0.3 is 15.7 Å². The van der Waals surface area contributed by atoms with E-state index in [9.17, 15) is 20.0 Å². The summed E-state index contributed by atoms with van der Waals surface area (Å²) in [7, 11) is 0. The molecule has 0 spiro atoms. The maximum absolute atomic E-state index is 11.8. The van der Waals surface area contributed by atoms with Crippen molar-refractivity contribution in [1.82, 2.24) is 10.6 Å². The number of nitro benzene ring substituents is 1. The van der Waals surface area contributed by atoms with E-state index in [2.05, 4.69) is 10.6 Å². The minimum atomic E-state index is -1.14. The first-order valence-electron chi connectivity index (χ1n) is 7.39. The molecular weight excluding hydrogens is 330 g/mol. The number of para-hydroxylation sites is 1. The van der Waals surface area contributed by atoms with Gasteiger partial charge in [-0.1, -0.05) is 18.2 Å². The van der Waals surface area contributed by atoms with Crippen molar-refractivity contribution in [2.24, 2.45) is 0 Å². The van der Waals surface area contributed by atoms with Crippen molar-refractivity contribution in [1.29, 1.82) is 0 Å². The highest BCUT2D eigenvalue weighted by atomic mass is 32.1. The number of rotatable bonds is 7. The molecule has 1 aromatic carbocycles. The Morgan fingerprint density at radius 3 is 2.75 bits per heavy atom. The smallest absolute Gasteiger partial charge is 0.314 e. The summed E-state index contributed by atoms with van der Waals surface area (Å²) in [6.45, 7) is 1.96. The van der Waals surface area contributed by atoms with Gasteiger partial charge in [0.15, 0.2) is 0 Å². The van der Waals surface area contributed by atoms with Crippen LogP contribution in [-0.2, 0) is 12.0 Å². The lowest BCUT2D eigenvalue weighted by molar-refractivity contribution is -0.385. The first-order chi connectivity index (χ1) is 11.4. The van der Waals surface area contributed by atoms with Gasteiger partial charge >= 0.3 is 6.03 Å². The van der Waals surface area contributed by atoms with Crippen LogP contribution in [0.3, 0.4) is 0 Å². The molecular formula is C16H19N3O4S. The Kier molecular flexibility index (Phi) is 5.88. The normalized spacial score (nSPS) is 13.1. The van der Waals surface area contributed by atoms with E-state index in [-0.39, 0.29) is 18.8 Å². The second kappa shape index (κ2) is 7.89. The summed E-state index contributed by atoms with van der Waals surface area (Å²) in [5.74, 6) is 0. The molecule has 1 heterocycles. The van der Waals surface area contributed by atoms with Gasteiger partial charge in [0.1, 0.15) is 5.60 Å². The molecule has 1 aromatic heterocycles. The van der Waals surface area contributed by atoms with Crippen LogP contribution in [0.4, 0.5) is 10.5 Å². The zero-order chi connectivity index (χ0) is 17.6. The molecule has 7 nitrogen and oxygen atoms in total. The van der Waals surface area contributed by atoms with Gasteiger partial charge in [-0.05, 0) is 35.7 Å². The van der Waals surface area contributed by atoms with E-state index in [0.29, 0.717) is 12.0 Å². The molecule has 2 amide bonds. The Morgan fingerprint density at radius 2 is 2.08 bits per heavy atom. The van der Waals surface area contributed by atoms with Crippen LogP contribution in [0.2, 0.25) is 0 Å². The Hall–Kier alpha value is -2.45. The van der Waals surface area contributed by atoms with Gasteiger partial charge in [-0.25, -0.2) is 4.79 Å². The van der Waals surface area contributed by atoms with Gasteiger partial charge in [0.05, 0.1) is 11.5 Å². The molecule has 2 rings (SSSR count). The molecule has 0 aliphatic carbocycles. The molecule has 0 bridgehead atoms. The molecule has 1 unspecified atom stereocenters. The van der Waals surface area contributed by atoms with Crippen LogP contribution in [0.25, 0.3) is 0 Å². The zero-order valence-corrected chi connectivity index (χ0v) is 14.0. The second-order valence-corrected chi connectivity index (χ2v) is 6.31. The number of benzene rings is 1. The first-order valence-corrected chi connectivity index (χ1v) is 8.33. The molecule has 0 fully saturated rings. The number of nitrogens with one attached hydrogen (secondary N) is 2. The number of hydrogen-bond acceptors (Lipinski definition) is 5. The topological polar surface area (TPSA) is 104 Å². The summed E-state index contributed by atoms with van der Waals surface area (Å²) >= 11 is 1.47. The van der Waals surface area contributed by atoms with Crippen molar-refractivity contribution in [3.8, 4) is 0 Å². The van der Waals surface area contributed by atoms with E-state index in [1.807, 2.05) is 10.8 Å². The maximum atomic E-state index is 11.8. The molecule has 0 aliphatic rings. The van der Waals surface area contributed by atoms with E-state index in [0.717, 1.165) is 5.56 Å². The Labute approximate surface area is 143 Å². The van der Waals surface area contributed by atoms with Gasteiger partial charge in [-0.2, -0.15) is 11.3 Å². The number of nitro groups is 1. The first kappa shape index (κ1) is 17.9. The summed E-state index contributed by atoms with van der Waals surface area (Å²) in [5, 5.41) is 30.2.